The molecule has 3 N–H and O–H groups in total. The molecular formula is C12H21N3O2S. The molecule has 0 aliphatic carbocycles. The van der Waals surface area contributed by atoms with Crippen molar-refractivity contribution in [1.82, 2.24) is 4.90 Å². The molecule has 1 rings (SSSR count). The Kier molecular flexibility index (Phi) is 6.40. The van der Waals surface area contributed by atoms with Gasteiger partial charge in [0.15, 0.2) is 15.8 Å². The largest absolute Gasteiger partial charge is 0.370 e. The summed E-state index contributed by atoms with van der Waals surface area (Å²) in [6.07, 6.45) is 1.21. The van der Waals surface area contributed by atoms with Crippen LogP contribution in [0.2, 0.25) is 0 Å². The molecule has 18 heavy (non-hydrogen) atoms. The maximum Gasteiger partial charge on any atom is 0.188 e. The summed E-state index contributed by atoms with van der Waals surface area (Å²) in [6.45, 7) is 4.67. The third-order valence-electron chi connectivity index (χ3n) is 2.33. The first kappa shape index (κ1) is 16.4. The molecule has 0 heterocycles. The molecule has 0 bridgehead atoms. The smallest absolute Gasteiger partial charge is 0.188 e. The van der Waals surface area contributed by atoms with E-state index in [-0.39, 0.29) is 5.96 Å². The number of nitrogens with zero attached hydrogens (tertiary/aromatic N) is 1. The summed E-state index contributed by atoms with van der Waals surface area (Å²) in [5.74, 6) is 0.127. The van der Waals surface area contributed by atoms with E-state index in [0.717, 1.165) is 12.1 Å². The number of rotatable bonds is 2. The van der Waals surface area contributed by atoms with Crippen molar-refractivity contribution in [2.75, 3.05) is 19.8 Å². The van der Waals surface area contributed by atoms with Crippen LogP contribution in [0.5, 0.6) is 0 Å². The highest BCUT2D eigenvalue weighted by atomic mass is 32.2. The highest BCUT2D eigenvalue weighted by molar-refractivity contribution is 7.90. The molecule has 0 aromatic heterocycles. The summed E-state index contributed by atoms with van der Waals surface area (Å²) in [4.78, 5) is 2.03. The predicted molar refractivity (Wildman–Crippen MR) is 74.5 cm³/mol. The van der Waals surface area contributed by atoms with Crippen molar-refractivity contribution in [2.24, 2.45) is 5.73 Å². The van der Waals surface area contributed by atoms with Crippen molar-refractivity contribution in [3.63, 3.8) is 0 Å². The van der Waals surface area contributed by atoms with Gasteiger partial charge in [-0.3, -0.25) is 5.41 Å². The van der Waals surface area contributed by atoms with Gasteiger partial charge < -0.3 is 10.6 Å². The molecule has 0 amide bonds. The van der Waals surface area contributed by atoms with Gasteiger partial charge in [-0.1, -0.05) is 17.7 Å². The summed E-state index contributed by atoms with van der Waals surface area (Å²) in [5, 5.41) is 6.80. The third-order valence-corrected chi connectivity index (χ3v) is 3.46. The molecule has 0 atom stereocenters. The van der Waals surface area contributed by atoms with Crippen molar-refractivity contribution in [3.8, 4) is 0 Å². The summed E-state index contributed by atoms with van der Waals surface area (Å²) < 4.78 is 21.9. The van der Waals surface area contributed by atoms with Crippen LogP contribution < -0.4 is 5.73 Å². The summed E-state index contributed by atoms with van der Waals surface area (Å²) in [6, 6.07) is 6.81. The van der Waals surface area contributed by atoms with Gasteiger partial charge in [0.1, 0.15) is 0 Å². The standard InChI is InChI=1S/C8H10O2S.C4H11N3/c1-7-3-5-8(6-4-7)11(2,9)10;1-3-7(2)4(5)6/h3-6H,1-2H3;3H2,1-2H3,(H3,5,6). The third kappa shape index (κ3) is 6.24. The minimum atomic E-state index is -3.02. The molecule has 0 aliphatic rings. The number of aryl methyl sites for hydroxylation is 1. The van der Waals surface area contributed by atoms with Crippen molar-refractivity contribution >= 4 is 15.8 Å². The van der Waals surface area contributed by atoms with E-state index in [0.29, 0.717) is 4.90 Å². The SMILES string of the molecule is CCN(C)C(=N)N.Cc1ccc(S(C)(=O)=O)cc1. The Bertz CT molecular complexity index is 481. The molecule has 0 fully saturated rings. The Morgan fingerprint density at radius 1 is 1.33 bits per heavy atom. The van der Waals surface area contributed by atoms with Crippen LogP contribution in [0.3, 0.4) is 0 Å². The van der Waals surface area contributed by atoms with Gasteiger partial charge in [-0.25, -0.2) is 8.42 Å². The first-order chi connectivity index (χ1) is 8.18. The summed E-state index contributed by atoms with van der Waals surface area (Å²) >= 11 is 0. The zero-order chi connectivity index (χ0) is 14.3. The van der Waals surface area contributed by atoms with Crippen molar-refractivity contribution in [2.45, 2.75) is 18.7 Å². The lowest BCUT2D eigenvalue weighted by Gasteiger charge is -2.11. The number of nitrogens with one attached hydrogen (secondary N) is 1. The molecule has 1 aromatic rings. The average Bonchev–Trinajstić information content (AvgIpc) is 2.28. The van der Waals surface area contributed by atoms with Crippen LogP contribution in [-0.2, 0) is 9.84 Å². The normalized spacial score (nSPS) is 10.2. The molecule has 102 valence electrons. The predicted octanol–water partition coefficient (Wildman–Crippen LogP) is 1.23. The van der Waals surface area contributed by atoms with Crippen molar-refractivity contribution < 1.29 is 8.42 Å². The van der Waals surface area contributed by atoms with Gasteiger partial charge in [0, 0.05) is 19.8 Å². The van der Waals surface area contributed by atoms with E-state index in [4.69, 9.17) is 11.1 Å². The Morgan fingerprint density at radius 2 is 1.78 bits per heavy atom. The number of hydrogen-bond donors (Lipinski definition) is 2. The van der Waals surface area contributed by atoms with Crippen LogP contribution >= 0.6 is 0 Å². The Morgan fingerprint density at radius 3 is 2.00 bits per heavy atom. The van der Waals surface area contributed by atoms with Crippen molar-refractivity contribution in [3.05, 3.63) is 29.8 Å². The molecule has 0 radical (unpaired) electrons. The molecule has 6 heteroatoms. The van der Waals surface area contributed by atoms with Gasteiger partial charge in [0.2, 0.25) is 0 Å². The van der Waals surface area contributed by atoms with Crippen LogP contribution in [0.1, 0.15) is 12.5 Å². The quantitative estimate of drug-likeness (QED) is 0.625. The highest BCUT2D eigenvalue weighted by Crippen LogP contribution is 2.08. The zero-order valence-corrected chi connectivity index (χ0v) is 12.1. The lowest BCUT2D eigenvalue weighted by molar-refractivity contribution is 0.525. The topological polar surface area (TPSA) is 87.2 Å². The summed E-state index contributed by atoms with van der Waals surface area (Å²) in [7, 11) is -1.24. The van der Waals surface area contributed by atoms with E-state index in [2.05, 4.69) is 0 Å². The Labute approximate surface area is 109 Å². The summed E-state index contributed by atoms with van der Waals surface area (Å²) in [5.41, 5.74) is 6.12. The fourth-order valence-corrected chi connectivity index (χ4v) is 1.59. The molecule has 0 spiro atoms. The van der Waals surface area contributed by atoms with Crippen molar-refractivity contribution in [1.29, 1.82) is 5.41 Å². The number of benzene rings is 1. The number of guanidine groups is 1. The van der Waals surface area contributed by atoms with Crippen LogP contribution in [0.4, 0.5) is 0 Å². The molecule has 1 aromatic carbocycles. The zero-order valence-electron chi connectivity index (χ0n) is 11.3. The van der Waals surface area contributed by atoms with Crippen LogP contribution in [0.15, 0.2) is 29.2 Å². The monoisotopic (exact) mass is 271 g/mol. The van der Waals surface area contributed by atoms with Gasteiger partial charge in [0.05, 0.1) is 4.90 Å². The number of nitrogens with two attached hydrogens (primary N) is 1. The van der Waals surface area contributed by atoms with Gasteiger partial charge in [-0.15, -0.1) is 0 Å². The van der Waals surface area contributed by atoms with E-state index >= 15 is 0 Å². The van der Waals surface area contributed by atoms with Gasteiger partial charge in [-0.2, -0.15) is 0 Å². The van der Waals surface area contributed by atoms with E-state index in [1.165, 1.54) is 6.26 Å². The lowest BCUT2D eigenvalue weighted by Crippen LogP contribution is -2.32. The number of hydrogen-bond acceptors (Lipinski definition) is 3. The second-order valence-electron chi connectivity index (χ2n) is 3.98. The fourth-order valence-electron chi connectivity index (χ4n) is 0.956. The molecule has 0 aliphatic heterocycles. The minimum absolute atomic E-state index is 0.127. The molecule has 0 saturated carbocycles. The Balaban J connectivity index is 0.000000360. The van der Waals surface area contributed by atoms with E-state index in [1.807, 2.05) is 13.8 Å². The molecular weight excluding hydrogens is 250 g/mol. The first-order valence-electron chi connectivity index (χ1n) is 5.50. The van der Waals surface area contributed by atoms with E-state index in [9.17, 15) is 8.42 Å². The lowest BCUT2D eigenvalue weighted by atomic mass is 10.2. The minimum Gasteiger partial charge on any atom is -0.370 e. The van der Waals surface area contributed by atoms with Crippen LogP contribution in [0.25, 0.3) is 0 Å². The molecule has 5 nitrogen and oxygen atoms in total. The number of sulfone groups is 1. The van der Waals surface area contributed by atoms with Gasteiger partial charge >= 0.3 is 0 Å². The second kappa shape index (κ2) is 7.00. The highest BCUT2D eigenvalue weighted by Gasteiger charge is 2.04. The first-order valence-corrected chi connectivity index (χ1v) is 7.39. The molecule has 0 saturated heterocycles. The average molecular weight is 271 g/mol. The van der Waals surface area contributed by atoms with Gasteiger partial charge in [0.25, 0.3) is 0 Å². The van der Waals surface area contributed by atoms with E-state index < -0.39 is 9.84 Å². The Hall–Kier alpha value is -1.56. The van der Waals surface area contributed by atoms with Gasteiger partial charge in [-0.05, 0) is 26.0 Å². The second-order valence-corrected chi connectivity index (χ2v) is 6.00. The van der Waals surface area contributed by atoms with Crippen LogP contribution in [0, 0.1) is 12.3 Å². The fraction of sp³-hybridized carbons (Fsp3) is 0.417. The maximum atomic E-state index is 10.9. The van der Waals surface area contributed by atoms with E-state index in [1.54, 1.807) is 36.2 Å². The molecule has 0 unspecified atom stereocenters. The maximum absolute atomic E-state index is 10.9. The van der Waals surface area contributed by atoms with Crippen LogP contribution in [-0.4, -0.2) is 39.1 Å².